The first kappa shape index (κ1) is 25.8. The summed E-state index contributed by atoms with van der Waals surface area (Å²) in [7, 11) is 0. The lowest BCUT2D eigenvalue weighted by Crippen LogP contribution is -2.31. The van der Waals surface area contributed by atoms with Crippen LogP contribution in [-0.4, -0.2) is 50.4 Å². The molecule has 4 N–H and O–H groups in total. The zero-order valence-corrected chi connectivity index (χ0v) is 21.6. The van der Waals surface area contributed by atoms with E-state index in [9.17, 15) is 14.4 Å². The van der Waals surface area contributed by atoms with Gasteiger partial charge in [0.25, 0.3) is 5.91 Å². The number of hydrogen-bond acceptors (Lipinski definition) is 7. The number of nitrogens with zero attached hydrogens (tertiary/aromatic N) is 4. The fraction of sp³-hybridized carbons (Fsp3) is 0.296. The molecule has 4 aromatic rings. The first-order valence-corrected chi connectivity index (χ1v) is 12.6. The number of amides is 3. The number of imidazole rings is 1. The van der Waals surface area contributed by atoms with Crippen molar-refractivity contribution in [3.8, 4) is 5.75 Å². The van der Waals surface area contributed by atoms with Crippen LogP contribution in [0.1, 0.15) is 51.5 Å². The number of rotatable bonds is 9. The van der Waals surface area contributed by atoms with E-state index in [1.807, 2.05) is 48.7 Å². The van der Waals surface area contributed by atoms with E-state index in [0.717, 1.165) is 11.3 Å². The number of aromatic nitrogens is 4. The van der Waals surface area contributed by atoms with Crippen molar-refractivity contribution in [3.05, 3.63) is 71.0 Å². The average Bonchev–Trinajstić information content (AvgIpc) is 3.50. The smallest absolute Gasteiger partial charge is 0.407 e. The van der Waals surface area contributed by atoms with Crippen LogP contribution in [0.25, 0.3) is 11.0 Å². The maximum Gasteiger partial charge on any atom is 0.407 e. The van der Waals surface area contributed by atoms with Crippen LogP contribution in [-0.2, 0) is 17.9 Å². The third-order valence-corrected chi connectivity index (χ3v) is 6.45. The molecular weight excluding hydrogens is 502 g/mol. The van der Waals surface area contributed by atoms with E-state index in [1.165, 1.54) is 0 Å². The number of anilines is 1. The summed E-state index contributed by atoms with van der Waals surface area (Å²) in [6.07, 6.45) is -0.0628. The molecular formula is C27H29N7O5. The van der Waals surface area contributed by atoms with Gasteiger partial charge in [0, 0.05) is 18.7 Å². The number of alkyl carbamates (subject to hydrolysis) is 1. The largest absolute Gasteiger partial charge is 0.489 e. The van der Waals surface area contributed by atoms with Crippen molar-refractivity contribution in [2.75, 3.05) is 18.5 Å². The van der Waals surface area contributed by atoms with Crippen LogP contribution in [0.15, 0.2) is 48.5 Å². The number of benzene rings is 2. The van der Waals surface area contributed by atoms with Gasteiger partial charge < -0.3 is 25.1 Å². The van der Waals surface area contributed by atoms with Gasteiger partial charge in [0.05, 0.1) is 17.3 Å². The van der Waals surface area contributed by atoms with Crippen LogP contribution >= 0.6 is 0 Å². The summed E-state index contributed by atoms with van der Waals surface area (Å²) >= 11 is 0. The molecule has 0 aliphatic carbocycles. The summed E-state index contributed by atoms with van der Waals surface area (Å²) in [4.78, 5) is 41.9. The Kier molecular flexibility index (Phi) is 7.17. The molecule has 202 valence electrons. The molecule has 3 amide bonds. The molecule has 0 fully saturated rings. The van der Waals surface area contributed by atoms with Crippen LogP contribution in [0.5, 0.6) is 5.75 Å². The minimum atomic E-state index is -0.612. The summed E-state index contributed by atoms with van der Waals surface area (Å²) in [5.74, 6) is -0.248. The quantitative estimate of drug-likeness (QED) is 0.300. The van der Waals surface area contributed by atoms with Crippen LogP contribution in [0.3, 0.4) is 0 Å². The molecule has 1 aliphatic heterocycles. The number of aryl methyl sites for hydroxylation is 2. The Labute approximate surface area is 224 Å². The Balaban J connectivity index is 1.36. The molecule has 0 spiro atoms. The molecule has 3 heterocycles. The Morgan fingerprint density at radius 1 is 1.18 bits per heavy atom. The highest BCUT2D eigenvalue weighted by molar-refractivity contribution is 6.04. The van der Waals surface area contributed by atoms with Gasteiger partial charge in [-0.1, -0.05) is 30.3 Å². The Morgan fingerprint density at radius 3 is 2.72 bits per heavy atom. The molecule has 1 aliphatic rings. The molecule has 39 heavy (non-hydrogen) atoms. The molecule has 0 unspecified atom stereocenters. The first-order valence-electron chi connectivity index (χ1n) is 12.6. The minimum absolute atomic E-state index is 0.168. The summed E-state index contributed by atoms with van der Waals surface area (Å²) in [5.41, 5.74) is 8.85. The predicted octanol–water partition coefficient (Wildman–Crippen LogP) is 3.16. The second-order valence-electron chi connectivity index (χ2n) is 9.19. The number of hydrogen-bond donors (Lipinski definition) is 3. The summed E-state index contributed by atoms with van der Waals surface area (Å²) in [6, 6.07) is 14.0. The van der Waals surface area contributed by atoms with E-state index in [0.29, 0.717) is 47.9 Å². The van der Waals surface area contributed by atoms with Gasteiger partial charge in [0.15, 0.2) is 0 Å². The van der Waals surface area contributed by atoms with Gasteiger partial charge in [0.1, 0.15) is 30.2 Å². The van der Waals surface area contributed by atoms with Crippen LogP contribution in [0.2, 0.25) is 0 Å². The maximum atomic E-state index is 13.2. The van der Waals surface area contributed by atoms with Gasteiger partial charge in [-0.05, 0) is 44.0 Å². The standard InChI is InChI=1S/C27H29N7O5/c1-3-33-21(11-16(2)32-33)25(36)31-26-30-20-12-18(24(28)35)13-22-23(20)34(26)19(15-38-22)9-10-29-27(37)39-14-17-7-5-4-6-8-17/h4-8,11-13,19H,3,9-10,14-15H2,1-2H3,(H2,28,35)(H,29,37)(H,30,31,36)/t19-/m0/s1. The van der Waals surface area contributed by atoms with Crippen molar-refractivity contribution >= 4 is 34.9 Å². The molecule has 0 saturated carbocycles. The topological polar surface area (TPSA) is 155 Å². The molecule has 5 rings (SSSR count). The average molecular weight is 532 g/mol. The SMILES string of the molecule is CCn1nc(C)cc1C(=O)Nc1nc2cc(C(N)=O)cc3c2n1[C@@H](CCNC(=O)OCc1ccccc1)CO3. The number of nitrogens with two attached hydrogens (primary N) is 1. The molecule has 12 heteroatoms. The van der Waals surface area contributed by atoms with E-state index in [1.54, 1.807) is 22.9 Å². The molecule has 1 atom stereocenters. The highest BCUT2D eigenvalue weighted by Crippen LogP contribution is 2.38. The van der Waals surface area contributed by atoms with Gasteiger partial charge in [-0.2, -0.15) is 5.10 Å². The van der Waals surface area contributed by atoms with Gasteiger partial charge in [-0.25, -0.2) is 9.78 Å². The van der Waals surface area contributed by atoms with E-state index >= 15 is 0 Å². The number of primary amides is 1. The first-order chi connectivity index (χ1) is 18.8. The van der Waals surface area contributed by atoms with Crippen molar-refractivity contribution in [3.63, 3.8) is 0 Å². The van der Waals surface area contributed by atoms with Crippen LogP contribution < -0.4 is 21.1 Å². The van der Waals surface area contributed by atoms with E-state index in [-0.39, 0.29) is 30.7 Å². The summed E-state index contributed by atoms with van der Waals surface area (Å²) < 4.78 is 14.7. The number of carbonyl (C=O) groups excluding carboxylic acids is 3. The lowest BCUT2D eigenvalue weighted by molar-refractivity contribution is 0.0995. The van der Waals surface area contributed by atoms with Gasteiger partial charge in [-0.3, -0.25) is 19.6 Å². The number of nitrogens with one attached hydrogen (secondary N) is 2. The van der Waals surface area contributed by atoms with Crippen LogP contribution in [0.4, 0.5) is 10.7 Å². The predicted molar refractivity (Wildman–Crippen MR) is 143 cm³/mol. The van der Waals surface area contributed by atoms with Crippen molar-refractivity contribution in [2.24, 2.45) is 5.73 Å². The lowest BCUT2D eigenvalue weighted by atomic mass is 10.1. The zero-order valence-electron chi connectivity index (χ0n) is 21.6. The lowest BCUT2D eigenvalue weighted by Gasteiger charge is -2.27. The third kappa shape index (κ3) is 5.40. The molecule has 12 nitrogen and oxygen atoms in total. The highest BCUT2D eigenvalue weighted by Gasteiger charge is 2.29. The second kappa shape index (κ2) is 10.9. The van der Waals surface area contributed by atoms with Crippen molar-refractivity contribution in [1.82, 2.24) is 24.6 Å². The Bertz CT molecular complexity index is 1540. The van der Waals surface area contributed by atoms with Crippen molar-refractivity contribution < 1.29 is 23.9 Å². The van der Waals surface area contributed by atoms with E-state index in [4.69, 9.17) is 15.2 Å². The van der Waals surface area contributed by atoms with Gasteiger partial charge in [-0.15, -0.1) is 0 Å². The van der Waals surface area contributed by atoms with E-state index < -0.39 is 12.0 Å². The van der Waals surface area contributed by atoms with Gasteiger partial charge in [0.2, 0.25) is 11.9 Å². The highest BCUT2D eigenvalue weighted by atomic mass is 16.5. The molecule has 0 saturated heterocycles. The van der Waals surface area contributed by atoms with E-state index in [2.05, 4.69) is 20.7 Å². The third-order valence-electron chi connectivity index (χ3n) is 6.45. The molecule has 0 radical (unpaired) electrons. The second-order valence-corrected chi connectivity index (χ2v) is 9.19. The Hall–Kier alpha value is -4.87. The fourth-order valence-electron chi connectivity index (χ4n) is 4.61. The number of ether oxygens (including phenoxy) is 2. The normalized spacial score (nSPS) is 14.1. The maximum absolute atomic E-state index is 13.2. The monoisotopic (exact) mass is 531 g/mol. The number of carbonyl (C=O) groups is 3. The van der Waals surface area contributed by atoms with Crippen molar-refractivity contribution in [2.45, 2.75) is 39.5 Å². The molecule has 2 aromatic heterocycles. The fourth-order valence-corrected chi connectivity index (χ4v) is 4.61. The van der Waals surface area contributed by atoms with Crippen molar-refractivity contribution in [1.29, 1.82) is 0 Å². The minimum Gasteiger partial charge on any atom is -0.489 e. The summed E-state index contributed by atoms with van der Waals surface area (Å²) in [5, 5.41) is 10.0. The van der Waals surface area contributed by atoms with Gasteiger partial charge >= 0.3 is 6.09 Å². The summed E-state index contributed by atoms with van der Waals surface area (Å²) in [6.45, 7) is 4.95. The molecule has 0 bridgehead atoms. The molecule has 2 aromatic carbocycles. The van der Waals surface area contributed by atoms with Crippen LogP contribution in [0, 0.1) is 6.92 Å². The Morgan fingerprint density at radius 2 is 1.97 bits per heavy atom. The zero-order chi connectivity index (χ0) is 27.5.